The first-order chi connectivity index (χ1) is 11.1. The molecule has 5 heteroatoms. The highest BCUT2D eigenvalue weighted by Crippen LogP contribution is 2.25. The summed E-state index contributed by atoms with van der Waals surface area (Å²) < 4.78 is 10.9. The number of carbonyl (C=O) groups is 1. The maximum absolute atomic E-state index is 10.8. The van der Waals surface area contributed by atoms with Crippen molar-refractivity contribution in [3.8, 4) is 17.2 Å². The molecule has 1 heterocycles. The number of aliphatic carboxylic acids is 1. The van der Waals surface area contributed by atoms with E-state index in [9.17, 15) is 4.79 Å². The lowest BCUT2D eigenvalue weighted by Crippen LogP contribution is -2.49. The molecule has 3 rings (SSSR count). The minimum atomic E-state index is -0.704. The Morgan fingerprint density at radius 2 is 1.57 bits per heavy atom. The Kier molecular flexibility index (Phi) is 4.48. The van der Waals surface area contributed by atoms with E-state index in [2.05, 4.69) is 4.90 Å². The van der Waals surface area contributed by atoms with E-state index in [1.165, 1.54) is 0 Å². The highest BCUT2D eigenvalue weighted by molar-refractivity contribution is 5.71. The summed E-state index contributed by atoms with van der Waals surface area (Å²) in [5.74, 6) is 1.40. The standard InChI is InChI=1S/C18H19NO4/c1-22-15-6-8-17(9-7-15)23-16-4-2-13(3-5-16)10-19-11-14(12-19)18(20)21/h2-9,14H,10-12H2,1H3,(H,20,21). The number of likely N-dealkylation sites (tertiary alicyclic amines) is 1. The van der Waals surface area contributed by atoms with Crippen LogP contribution in [0.3, 0.4) is 0 Å². The molecule has 23 heavy (non-hydrogen) atoms. The van der Waals surface area contributed by atoms with Gasteiger partial charge in [-0.2, -0.15) is 0 Å². The number of carboxylic acid groups (broad SMARTS) is 1. The van der Waals surface area contributed by atoms with Gasteiger partial charge in [-0.05, 0) is 42.0 Å². The predicted octanol–water partition coefficient (Wildman–Crippen LogP) is 3.00. The first kappa shape index (κ1) is 15.4. The minimum Gasteiger partial charge on any atom is -0.497 e. The van der Waals surface area contributed by atoms with Gasteiger partial charge in [0.25, 0.3) is 0 Å². The summed E-state index contributed by atoms with van der Waals surface area (Å²) >= 11 is 0. The van der Waals surface area contributed by atoms with Gasteiger partial charge in [-0.15, -0.1) is 0 Å². The SMILES string of the molecule is COc1ccc(Oc2ccc(CN3CC(C(=O)O)C3)cc2)cc1. The van der Waals surface area contributed by atoms with E-state index in [0.717, 1.165) is 29.4 Å². The van der Waals surface area contributed by atoms with Gasteiger partial charge in [-0.3, -0.25) is 9.69 Å². The number of ether oxygens (including phenoxy) is 2. The number of nitrogens with zero attached hydrogens (tertiary/aromatic N) is 1. The molecule has 1 saturated heterocycles. The fourth-order valence-electron chi connectivity index (χ4n) is 2.56. The molecule has 0 spiro atoms. The summed E-state index contributed by atoms with van der Waals surface area (Å²) in [6, 6.07) is 15.3. The number of carboxylic acids is 1. The summed E-state index contributed by atoms with van der Waals surface area (Å²) in [6.07, 6.45) is 0. The monoisotopic (exact) mass is 313 g/mol. The molecule has 1 N–H and O–H groups in total. The quantitative estimate of drug-likeness (QED) is 0.888. The third-order valence-electron chi connectivity index (χ3n) is 3.93. The lowest BCUT2D eigenvalue weighted by atomic mass is 10.00. The molecular formula is C18H19NO4. The Balaban J connectivity index is 1.53. The van der Waals surface area contributed by atoms with Crippen LogP contribution in [-0.4, -0.2) is 36.2 Å². The molecule has 0 atom stereocenters. The van der Waals surface area contributed by atoms with E-state index in [1.54, 1.807) is 7.11 Å². The van der Waals surface area contributed by atoms with Gasteiger partial charge in [0.05, 0.1) is 13.0 Å². The van der Waals surface area contributed by atoms with Crippen LogP contribution in [-0.2, 0) is 11.3 Å². The number of hydrogen-bond acceptors (Lipinski definition) is 4. The smallest absolute Gasteiger partial charge is 0.309 e. The first-order valence-corrected chi connectivity index (χ1v) is 7.50. The van der Waals surface area contributed by atoms with E-state index >= 15 is 0 Å². The van der Waals surface area contributed by atoms with Gasteiger partial charge in [0.15, 0.2) is 0 Å². The summed E-state index contributed by atoms with van der Waals surface area (Å²) in [6.45, 7) is 2.02. The van der Waals surface area contributed by atoms with Crippen LogP contribution in [0.2, 0.25) is 0 Å². The maximum Gasteiger partial charge on any atom is 0.309 e. The first-order valence-electron chi connectivity index (χ1n) is 7.50. The molecule has 0 aliphatic carbocycles. The van der Waals surface area contributed by atoms with E-state index in [0.29, 0.717) is 13.1 Å². The topological polar surface area (TPSA) is 59.0 Å². The Labute approximate surface area is 135 Å². The average Bonchev–Trinajstić information content (AvgIpc) is 2.52. The Hall–Kier alpha value is -2.53. The molecule has 0 aromatic heterocycles. The Bertz CT molecular complexity index is 660. The molecule has 1 fully saturated rings. The number of benzene rings is 2. The van der Waals surface area contributed by atoms with Crippen molar-refractivity contribution in [2.45, 2.75) is 6.54 Å². The van der Waals surface area contributed by atoms with Gasteiger partial charge in [0.1, 0.15) is 17.2 Å². The molecule has 2 aromatic carbocycles. The van der Waals surface area contributed by atoms with Crippen molar-refractivity contribution in [2.75, 3.05) is 20.2 Å². The zero-order valence-electron chi connectivity index (χ0n) is 12.9. The molecule has 0 radical (unpaired) electrons. The third kappa shape index (κ3) is 3.81. The molecule has 1 aliphatic heterocycles. The zero-order chi connectivity index (χ0) is 16.2. The second kappa shape index (κ2) is 6.71. The van der Waals surface area contributed by atoms with Crippen LogP contribution < -0.4 is 9.47 Å². The predicted molar refractivity (Wildman–Crippen MR) is 85.9 cm³/mol. The van der Waals surface area contributed by atoms with Crippen molar-refractivity contribution in [3.05, 3.63) is 54.1 Å². The fourth-order valence-corrected chi connectivity index (χ4v) is 2.56. The largest absolute Gasteiger partial charge is 0.497 e. The fraction of sp³-hybridized carbons (Fsp3) is 0.278. The summed E-state index contributed by atoms with van der Waals surface area (Å²) in [5, 5.41) is 8.88. The minimum absolute atomic E-state index is 0.215. The van der Waals surface area contributed by atoms with Crippen LogP contribution in [0.1, 0.15) is 5.56 Å². The molecule has 0 bridgehead atoms. The Morgan fingerprint density at radius 3 is 2.09 bits per heavy atom. The molecule has 2 aromatic rings. The van der Waals surface area contributed by atoms with Gasteiger partial charge in [-0.1, -0.05) is 12.1 Å². The average molecular weight is 313 g/mol. The lowest BCUT2D eigenvalue weighted by molar-refractivity contribution is -0.147. The molecule has 120 valence electrons. The zero-order valence-corrected chi connectivity index (χ0v) is 12.9. The van der Waals surface area contributed by atoms with Crippen molar-refractivity contribution in [2.24, 2.45) is 5.92 Å². The van der Waals surface area contributed by atoms with E-state index in [4.69, 9.17) is 14.6 Å². The van der Waals surface area contributed by atoms with E-state index in [1.807, 2.05) is 48.5 Å². The molecule has 1 aliphatic rings. The van der Waals surface area contributed by atoms with Crippen molar-refractivity contribution in [3.63, 3.8) is 0 Å². The molecule has 0 saturated carbocycles. The summed E-state index contributed by atoms with van der Waals surface area (Å²) in [5.41, 5.74) is 1.15. The van der Waals surface area contributed by atoms with Crippen LogP contribution >= 0.6 is 0 Å². The van der Waals surface area contributed by atoms with Crippen LogP contribution in [0.4, 0.5) is 0 Å². The number of rotatable bonds is 6. The molecule has 0 unspecified atom stereocenters. The van der Waals surface area contributed by atoms with Crippen LogP contribution in [0.5, 0.6) is 17.2 Å². The summed E-state index contributed by atoms with van der Waals surface area (Å²) in [4.78, 5) is 12.9. The lowest BCUT2D eigenvalue weighted by Gasteiger charge is -2.36. The van der Waals surface area contributed by atoms with Crippen LogP contribution in [0, 0.1) is 5.92 Å². The number of methoxy groups -OCH3 is 1. The molecule has 5 nitrogen and oxygen atoms in total. The molecular weight excluding hydrogens is 294 g/mol. The van der Waals surface area contributed by atoms with Gasteiger partial charge in [0, 0.05) is 19.6 Å². The van der Waals surface area contributed by atoms with Crippen molar-refractivity contribution >= 4 is 5.97 Å². The van der Waals surface area contributed by atoms with Crippen LogP contribution in [0.25, 0.3) is 0 Å². The third-order valence-corrected chi connectivity index (χ3v) is 3.93. The highest BCUT2D eigenvalue weighted by atomic mass is 16.5. The van der Waals surface area contributed by atoms with Crippen molar-refractivity contribution in [1.82, 2.24) is 4.90 Å². The van der Waals surface area contributed by atoms with Crippen molar-refractivity contribution in [1.29, 1.82) is 0 Å². The van der Waals surface area contributed by atoms with E-state index < -0.39 is 5.97 Å². The van der Waals surface area contributed by atoms with Crippen molar-refractivity contribution < 1.29 is 19.4 Å². The number of hydrogen-bond donors (Lipinski definition) is 1. The van der Waals surface area contributed by atoms with Gasteiger partial charge in [-0.25, -0.2) is 0 Å². The Morgan fingerprint density at radius 1 is 1.04 bits per heavy atom. The second-order valence-electron chi connectivity index (χ2n) is 5.65. The van der Waals surface area contributed by atoms with Gasteiger partial charge < -0.3 is 14.6 Å². The van der Waals surface area contributed by atoms with Crippen LogP contribution in [0.15, 0.2) is 48.5 Å². The second-order valence-corrected chi connectivity index (χ2v) is 5.65. The normalized spacial score (nSPS) is 15.0. The molecule has 0 amide bonds. The van der Waals surface area contributed by atoms with Gasteiger partial charge in [0.2, 0.25) is 0 Å². The maximum atomic E-state index is 10.8. The summed E-state index contributed by atoms with van der Waals surface area (Å²) in [7, 11) is 1.63. The van der Waals surface area contributed by atoms with Gasteiger partial charge >= 0.3 is 5.97 Å². The van der Waals surface area contributed by atoms with E-state index in [-0.39, 0.29) is 5.92 Å². The highest BCUT2D eigenvalue weighted by Gasteiger charge is 2.31.